The minimum absolute atomic E-state index is 0.106. The Morgan fingerprint density at radius 3 is 2.82 bits per heavy atom. The first-order valence-electron chi connectivity index (χ1n) is 7.77. The number of aromatic amines is 1. The summed E-state index contributed by atoms with van der Waals surface area (Å²) in [4.78, 5) is 29.2. The third-order valence-corrected chi connectivity index (χ3v) is 4.11. The molecule has 0 saturated carbocycles. The van der Waals surface area contributed by atoms with Crippen LogP contribution >= 0.6 is 0 Å². The molecule has 5 heteroatoms. The van der Waals surface area contributed by atoms with Gasteiger partial charge in [-0.25, -0.2) is 4.79 Å². The molecule has 1 saturated heterocycles. The number of nitrogens with one attached hydrogen (secondary N) is 1. The van der Waals surface area contributed by atoms with E-state index in [2.05, 4.69) is 11.9 Å². The number of hydrogen-bond donors (Lipinski definition) is 1. The molecule has 1 aromatic heterocycles. The van der Waals surface area contributed by atoms with E-state index in [0.717, 1.165) is 35.0 Å². The summed E-state index contributed by atoms with van der Waals surface area (Å²) in [6.07, 6.45) is 4.22. The van der Waals surface area contributed by atoms with Crippen LogP contribution in [-0.4, -0.2) is 30.0 Å². The summed E-state index contributed by atoms with van der Waals surface area (Å²) in [5.74, 6) is -0.240. The molecule has 1 aliphatic heterocycles. The minimum Gasteiger partial charge on any atom is -0.462 e. The van der Waals surface area contributed by atoms with Crippen molar-refractivity contribution in [3.8, 4) is 0 Å². The van der Waals surface area contributed by atoms with Crippen molar-refractivity contribution in [2.24, 2.45) is 0 Å². The molecule has 0 spiro atoms. The fraction of sp³-hybridized carbons (Fsp3) is 0.412. The number of esters is 1. The highest BCUT2D eigenvalue weighted by atomic mass is 16.5. The van der Waals surface area contributed by atoms with E-state index in [0.29, 0.717) is 25.1 Å². The van der Waals surface area contributed by atoms with Crippen molar-refractivity contribution in [1.82, 2.24) is 4.98 Å². The van der Waals surface area contributed by atoms with Crippen molar-refractivity contribution < 1.29 is 14.3 Å². The van der Waals surface area contributed by atoms with Gasteiger partial charge >= 0.3 is 5.97 Å². The number of H-pyrrole nitrogens is 1. The molecule has 0 aliphatic carbocycles. The minimum atomic E-state index is -0.347. The number of aryl methyl sites for hydroxylation is 1. The molecule has 0 bridgehead atoms. The molecule has 2 aromatic rings. The van der Waals surface area contributed by atoms with Gasteiger partial charge in [-0.1, -0.05) is 6.92 Å². The first-order chi connectivity index (χ1) is 10.7. The van der Waals surface area contributed by atoms with Crippen molar-refractivity contribution >= 4 is 28.5 Å². The molecule has 0 unspecified atom stereocenters. The lowest BCUT2D eigenvalue weighted by Crippen LogP contribution is -2.24. The molecule has 0 atom stereocenters. The van der Waals surface area contributed by atoms with Crippen molar-refractivity contribution in [2.45, 2.75) is 33.1 Å². The maximum atomic E-state index is 12.1. The molecule has 116 valence electrons. The number of amides is 1. The highest BCUT2D eigenvalue weighted by Crippen LogP contribution is 2.33. The highest BCUT2D eigenvalue weighted by Gasteiger charge is 2.25. The number of anilines is 1. The summed E-state index contributed by atoms with van der Waals surface area (Å²) in [5, 5.41) is 0.989. The topological polar surface area (TPSA) is 62.4 Å². The molecule has 3 rings (SSSR count). The van der Waals surface area contributed by atoms with Crippen molar-refractivity contribution in [3.05, 3.63) is 29.5 Å². The first kappa shape index (κ1) is 14.6. The maximum absolute atomic E-state index is 12.1. The van der Waals surface area contributed by atoms with Crippen LogP contribution in [0.15, 0.2) is 18.3 Å². The normalized spacial score (nSPS) is 14.8. The van der Waals surface area contributed by atoms with Gasteiger partial charge in [-0.05, 0) is 37.5 Å². The third-order valence-electron chi connectivity index (χ3n) is 4.11. The van der Waals surface area contributed by atoms with Crippen LogP contribution in [0.3, 0.4) is 0 Å². The van der Waals surface area contributed by atoms with Crippen LogP contribution in [0.4, 0.5) is 5.69 Å². The van der Waals surface area contributed by atoms with Gasteiger partial charge in [0.15, 0.2) is 0 Å². The van der Waals surface area contributed by atoms with E-state index in [1.165, 1.54) is 0 Å². The number of benzene rings is 1. The molecule has 1 fully saturated rings. The molecule has 1 N–H and O–H groups in total. The number of aromatic nitrogens is 1. The van der Waals surface area contributed by atoms with E-state index in [1.807, 2.05) is 12.3 Å². The summed E-state index contributed by atoms with van der Waals surface area (Å²) in [6, 6.07) is 3.62. The van der Waals surface area contributed by atoms with E-state index in [1.54, 1.807) is 17.9 Å². The van der Waals surface area contributed by atoms with Gasteiger partial charge in [-0.2, -0.15) is 0 Å². The van der Waals surface area contributed by atoms with Gasteiger partial charge in [0.05, 0.1) is 23.4 Å². The molecule has 1 aromatic carbocycles. The molecule has 5 nitrogen and oxygen atoms in total. The van der Waals surface area contributed by atoms with E-state index >= 15 is 0 Å². The fourth-order valence-corrected chi connectivity index (χ4v) is 3.01. The van der Waals surface area contributed by atoms with E-state index in [4.69, 9.17) is 4.74 Å². The molecular weight excluding hydrogens is 280 g/mol. The second-order valence-electron chi connectivity index (χ2n) is 5.45. The zero-order chi connectivity index (χ0) is 15.7. The Hall–Kier alpha value is -2.30. The quantitative estimate of drug-likeness (QED) is 0.883. The molecule has 0 radical (unpaired) electrons. The highest BCUT2D eigenvalue weighted by molar-refractivity contribution is 6.07. The Morgan fingerprint density at radius 2 is 2.18 bits per heavy atom. The number of hydrogen-bond acceptors (Lipinski definition) is 3. The van der Waals surface area contributed by atoms with Gasteiger partial charge < -0.3 is 14.6 Å². The van der Waals surface area contributed by atoms with Crippen LogP contribution in [0, 0.1) is 0 Å². The zero-order valence-electron chi connectivity index (χ0n) is 12.9. The van der Waals surface area contributed by atoms with Crippen LogP contribution in [0.2, 0.25) is 0 Å². The molecule has 2 heterocycles. The summed E-state index contributed by atoms with van der Waals surface area (Å²) in [6.45, 7) is 4.89. The van der Waals surface area contributed by atoms with E-state index in [-0.39, 0.29) is 11.9 Å². The lowest BCUT2D eigenvalue weighted by molar-refractivity contribution is -0.117. The number of carbonyl (C=O) groups excluding carboxylic acids is 2. The van der Waals surface area contributed by atoms with Gasteiger partial charge in [0.25, 0.3) is 0 Å². The second kappa shape index (κ2) is 5.83. The predicted molar refractivity (Wildman–Crippen MR) is 85.2 cm³/mol. The lowest BCUT2D eigenvalue weighted by Gasteiger charge is -2.18. The average molecular weight is 300 g/mol. The van der Waals surface area contributed by atoms with Crippen LogP contribution in [0.25, 0.3) is 10.9 Å². The third kappa shape index (κ3) is 2.36. The SMILES string of the molecule is CCOC(=O)c1cc(N2CCCC2=O)c2[nH]cc(CC)c2c1. The monoisotopic (exact) mass is 300 g/mol. The average Bonchev–Trinajstić information content (AvgIpc) is 3.12. The Bertz CT molecular complexity index is 733. The number of rotatable bonds is 4. The van der Waals surface area contributed by atoms with Gasteiger partial charge in [-0.15, -0.1) is 0 Å². The van der Waals surface area contributed by atoms with Gasteiger partial charge in [0, 0.05) is 24.5 Å². The second-order valence-corrected chi connectivity index (χ2v) is 5.45. The fourth-order valence-electron chi connectivity index (χ4n) is 3.01. The smallest absolute Gasteiger partial charge is 0.338 e. The number of nitrogens with zero attached hydrogens (tertiary/aromatic N) is 1. The summed E-state index contributed by atoms with van der Waals surface area (Å²) in [7, 11) is 0. The van der Waals surface area contributed by atoms with Gasteiger partial charge in [-0.3, -0.25) is 4.79 Å². The Morgan fingerprint density at radius 1 is 1.36 bits per heavy atom. The summed E-state index contributed by atoms with van der Waals surface area (Å²) < 4.78 is 5.12. The van der Waals surface area contributed by atoms with Crippen LogP contribution in [0.1, 0.15) is 42.6 Å². The van der Waals surface area contributed by atoms with Gasteiger partial charge in [0.2, 0.25) is 5.91 Å². The Kier molecular flexibility index (Phi) is 3.88. The molecule has 1 aliphatic rings. The van der Waals surface area contributed by atoms with E-state index < -0.39 is 0 Å². The molecule has 22 heavy (non-hydrogen) atoms. The maximum Gasteiger partial charge on any atom is 0.338 e. The number of carbonyl (C=O) groups is 2. The Balaban J connectivity index is 2.18. The zero-order valence-corrected chi connectivity index (χ0v) is 12.9. The van der Waals surface area contributed by atoms with Crippen molar-refractivity contribution in [1.29, 1.82) is 0 Å². The first-order valence-corrected chi connectivity index (χ1v) is 7.77. The Labute approximate surface area is 129 Å². The summed E-state index contributed by atoms with van der Waals surface area (Å²) in [5.41, 5.74) is 3.33. The number of fused-ring (bicyclic) bond motifs is 1. The van der Waals surface area contributed by atoms with Crippen LogP contribution in [-0.2, 0) is 16.0 Å². The van der Waals surface area contributed by atoms with Gasteiger partial charge in [0.1, 0.15) is 0 Å². The predicted octanol–water partition coefficient (Wildman–Crippen LogP) is 3.03. The lowest BCUT2D eigenvalue weighted by atomic mass is 10.1. The van der Waals surface area contributed by atoms with Crippen molar-refractivity contribution in [3.63, 3.8) is 0 Å². The van der Waals surface area contributed by atoms with E-state index in [9.17, 15) is 9.59 Å². The molecular formula is C17H20N2O3. The largest absolute Gasteiger partial charge is 0.462 e. The summed E-state index contributed by atoms with van der Waals surface area (Å²) >= 11 is 0. The van der Waals surface area contributed by atoms with Crippen LogP contribution in [0.5, 0.6) is 0 Å². The molecule has 1 amide bonds. The standard InChI is InChI=1S/C17H20N2O3/c1-3-11-10-18-16-13(11)8-12(17(21)22-4-2)9-14(16)19-7-5-6-15(19)20/h8-10,18H,3-7H2,1-2H3. The van der Waals surface area contributed by atoms with Crippen molar-refractivity contribution in [2.75, 3.05) is 18.1 Å². The van der Waals surface area contributed by atoms with Crippen LogP contribution < -0.4 is 4.90 Å². The number of ether oxygens (including phenoxy) is 1.